The number of rotatable bonds is 7. The number of Topliss-reactive ketones (excluding diaryl/α,β-unsaturated/α-hetero) is 1. The van der Waals surface area contributed by atoms with E-state index in [2.05, 4.69) is 39.3 Å². The molecular weight excluding hydrogens is 350 g/mol. The quantitative estimate of drug-likeness (QED) is 0.686. The number of thiophene rings is 1. The first-order valence-corrected chi connectivity index (χ1v) is 8.37. The summed E-state index contributed by atoms with van der Waals surface area (Å²) in [6.45, 7) is 3.81. The molecule has 2 rings (SSSR count). The Hall–Kier alpha value is -1.17. The number of benzene rings is 1. The van der Waals surface area contributed by atoms with Gasteiger partial charge in [0.1, 0.15) is 12.4 Å². The number of para-hydroxylation sites is 1. The normalized spacial score (nSPS) is 10.9. The standard InChI is InChI=1S/C16H18BrNO2S/c1-12(19)14-5-3-4-6-15(14)20-8-7-18(2)10-13-9-16(17)21-11-13/h3-6,9,11H,7-8,10H2,1-2H3. The minimum atomic E-state index is 0.0297. The summed E-state index contributed by atoms with van der Waals surface area (Å²) in [5.74, 6) is 0.693. The summed E-state index contributed by atoms with van der Waals surface area (Å²) in [6.07, 6.45) is 0. The minimum Gasteiger partial charge on any atom is -0.491 e. The first-order valence-electron chi connectivity index (χ1n) is 6.70. The molecule has 1 aromatic carbocycles. The van der Waals surface area contributed by atoms with Crippen molar-refractivity contribution in [3.63, 3.8) is 0 Å². The van der Waals surface area contributed by atoms with Crippen molar-refractivity contribution >= 4 is 33.0 Å². The number of ketones is 1. The third-order valence-electron chi connectivity index (χ3n) is 3.07. The summed E-state index contributed by atoms with van der Waals surface area (Å²) in [7, 11) is 2.06. The third kappa shape index (κ3) is 4.95. The summed E-state index contributed by atoms with van der Waals surface area (Å²) in [5.41, 5.74) is 1.93. The van der Waals surface area contributed by atoms with Gasteiger partial charge in [-0.25, -0.2) is 0 Å². The van der Waals surface area contributed by atoms with Gasteiger partial charge in [-0.2, -0.15) is 0 Å². The molecule has 0 fully saturated rings. The van der Waals surface area contributed by atoms with Crippen LogP contribution in [-0.2, 0) is 6.54 Å². The van der Waals surface area contributed by atoms with Crippen LogP contribution < -0.4 is 4.74 Å². The van der Waals surface area contributed by atoms with Crippen molar-refractivity contribution in [2.75, 3.05) is 20.2 Å². The van der Waals surface area contributed by atoms with E-state index < -0.39 is 0 Å². The van der Waals surface area contributed by atoms with Gasteiger partial charge in [0.15, 0.2) is 5.78 Å². The molecule has 1 aromatic heterocycles. The van der Waals surface area contributed by atoms with Crippen LogP contribution in [0, 0.1) is 0 Å². The van der Waals surface area contributed by atoms with E-state index >= 15 is 0 Å². The van der Waals surface area contributed by atoms with Gasteiger partial charge >= 0.3 is 0 Å². The van der Waals surface area contributed by atoms with Gasteiger partial charge in [0.25, 0.3) is 0 Å². The number of carbonyl (C=O) groups is 1. The Balaban J connectivity index is 1.83. The number of halogens is 1. The second-order valence-corrected chi connectivity index (χ2v) is 7.19. The maximum absolute atomic E-state index is 11.5. The number of hydrogen-bond acceptors (Lipinski definition) is 4. The second kappa shape index (κ2) is 7.73. The summed E-state index contributed by atoms with van der Waals surface area (Å²) in [5, 5.41) is 2.15. The predicted octanol–water partition coefficient (Wildman–Crippen LogP) is 4.22. The Morgan fingerprint density at radius 3 is 2.81 bits per heavy atom. The van der Waals surface area contributed by atoms with E-state index in [1.807, 2.05) is 18.2 Å². The van der Waals surface area contributed by atoms with E-state index in [-0.39, 0.29) is 5.78 Å². The number of nitrogens with zero attached hydrogens (tertiary/aromatic N) is 1. The highest BCUT2D eigenvalue weighted by molar-refractivity contribution is 9.11. The monoisotopic (exact) mass is 367 g/mol. The van der Waals surface area contributed by atoms with E-state index in [9.17, 15) is 4.79 Å². The predicted molar refractivity (Wildman–Crippen MR) is 90.3 cm³/mol. The highest BCUT2D eigenvalue weighted by Gasteiger charge is 2.08. The Labute approximate surface area is 137 Å². The molecule has 0 amide bonds. The fourth-order valence-electron chi connectivity index (χ4n) is 2.01. The Morgan fingerprint density at radius 2 is 2.14 bits per heavy atom. The average molecular weight is 368 g/mol. The first kappa shape index (κ1) is 16.2. The van der Waals surface area contributed by atoms with Crippen LogP contribution in [0.25, 0.3) is 0 Å². The molecule has 0 atom stereocenters. The molecule has 0 bridgehead atoms. The van der Waals surface area contributed by atoms with Crippen LogP contribution in [0.5, 0.6) is 5.75 Å². The molecule has 3 nitrogen and oxygen atoms in total. The second-order valence-electron chi connectivity index (χ2n) is 4.90. The molecule has 5 heteroatoms. The largest absolute Gasteiger partial charge is 0.491 e. The molecule has 0 aliphatic rings. The molecule has 21 heavy (non-hydrogen) atoms. The molecule has 0 spiro atoms. The van der Waals surface area contributed by atoms with Crippen molar-refractivity contribution in [1.82, 2.24) is 4.90 Å². The topological polar surface area (TPSA) is 29.5 Å². The molecule has 0 saturated carbocycles. The van der Waals surface area contributed by atoms with Crippen molar-refractivity contribution in [3.8, 4) is 5.75 Å². The zero-order chi connectivity index (χ0) is 15.2. The first-order chi connectivity index (χ1) is 10.1. The molecule has 0 N–H and O–H groups in total. The maximum Gasteiger partial charge on any atom is 0.163 e. The average Bonchev–Trinajstić information content (AvgIpc) is 2.84. The van der Waals surface area contributed by atoms with Crippen LogP contribution >= 0.6 is 27.3 Å². The highest BCUT2D eigenvalue weighted by atomic mass is 79.9. The van der Waals surface area contributed by atoms with Crippen LogP contribution in [0.3, 0.4) is 0 Å². The van der Waals surface area contributed by atoms with Crippen molar-refractivity contribution in [2.45, 2.75) is 13.5 Å². The maximum atomic E-state index is 11.5. The number of carbonyl (C=O) groups excluding carboxylic acids is 1. The van der Waals surface area contributed by atoms with Crippen LogP contribution in [-0.4, -0.2) is 30.9 Å². The van der Waals surface area contributed by atoms with Crippen LogP contribution in [0.1, 0.15) is 22.8 Å². The lowest BCUT2D eigenvalue weighted by Gasteiger charge is -2.17. The van der Waals surface area contributed by atoms with E-state index in [0.29, 0.717) is 17.9 Å². The van der Waals surface area contributed by atoms with Crippen molar-refractivity contribution < 1.29 is 9.53 Å². The van der Waals surface area contributed by atoms with Gasteiger partial charge in [0, 0.05) is 13.1 Å². The molecule has 0 radical (unpaired) electrons. The number of hydrogen-bond donors (Lipinski definition) is 0. The Bertz CT molecular complexity index is 612. The Kier molecular flexibility index (Phi) is 5.96. The van der Waals surface area contributed by atoms with Crippen molar-refractivity contribution in [1.29, 1.82) is 0 Å². The van der Waals surface area contributed by atoms with E-state index in [1.54, 1.807) is 24.3 Å². The van der Waals surface area contributed by atoms with Gasteiger partial charge in [-0.3, -0.25) is 9.69 Å². The lowest BCUT2D eigenvalue weighted by Crippen LogP contribution is -2.23. The molecule has 0 unspecified atom stereocenters. The summed E-state index contributed by atoms with van der Waals surface area (Å²) < 4.78 is 6.89. The zero-order valence-electron chi connectivity index (χ0n) is 12.1. The van der Waals surface area contributed by atoms with Crippen LogP contribution in [0.4, 0.5) is 0 Å². The van der Waals surface area contributed by atoms with Gasteiger partial charge in [-0.15, -0.1) is 11.3 Å². The molecule has 0 saturated heterocycles. The summed E-state index contributed by atoms with van der Waals surface area (Å²) >= 11 is 5.16. The van der Waals surface area contributed by atoms with Gasteiger partial charge in [-0.1, -0.05) is 12.1 Å². The van der Waals surface area contributed by atoms with Gasteiger partial charge < -0.3 is 4.74 Å². The van der Waals surface area contributed by atoms with E-state index in [1.165, 1.54) is 5.56 Å². The summed E-state index contributed by atoms with van der Waals surface area (Å²) in [4.78, 5) is 13.7. The van der Waals surface area contributed by atoms with Crippen LogP contribution in [0.15, 0.2) is 39.5 Å². The molecule has 2 aromatic rings. The van der Waals surface area contributed by atoms with Crippen molar-refractivity contribution in [3.05, 3.63) is 50.6 Å². The number of ether oxygens (including phenoxy) is 1. The highest BCUT2D eigenvalue weighted by Crippen LogP contribution is 2.21. The molecule has 0 aliphatic heterocycles. The Morgan fingerprint density at radius 1 is 1.38 bits per heavy atom. The van der Waals surface area contributed by atoms with Crippen LogP contribution in [0.2, 0.25) is 0 Å². The lowest BCUT2D eigenvalue weighted by atomic mass is 10.1. The zero-order valence-corrected chi connectivity index (χ0v) is 14.5. The smallest absolute Gasteiger partial charge is 0.163 e. The van der Waals surface area contributed by atoms with Crippen molar-refractivity contribution in [2.24, 2.45) is 0 Å². The summed E-state index contributed by atoms with van der Waals surface area (Å²) in [6, 6.07) is 9.50. The molecular formula is C16H18BrNO2S. The molecule has 112 valence electrons. The fraction of sp³-hybridized carbons (Fsp3) is 0.312. The minimum absolute atomic E-state index is 0.0297. The van der Waals surface area contributed by atoms with E-state index in [4.69, 9.17) is 4.74 Å². The fourth-order valence-corrected chi connectivity index (χ4v) is 3.21. The third-order valence-corrected chi connectivity index (χ3v) is 4.62. The van der Waals surface area contributed by atoms with Gasteiger partial charge in [0.05, 0.1) is 9.35 Å². The molecule has 0 aliphatic carbocycles. The number of likely N-dealkylation sites (N-methyl/N-ethyl adjacent to an activating group) is 1. The SMILES string of the molecule is CC(=O)c1ccccc1OCCN(C)Cc1csc(Br)c1. The van der Waals surface area contributed by atoms with E-state index in [0.717, 1.165) is 16.9 Å². The van der Waals surface area contributed by atoms with Gasteiger partial charge in [0.2, 0.25) is 0 Å². The van der Waals surface area contributed by atoms with Gasteiger partial charge in [-0.05, 0) is 59.0 Å². The lowest BCUT2D eigenvalue weighted by molar-refractivity contribution is 0.101. The molecule has 1 heterocycles.